The summed E-state index contributed by atoms with van der Waals surface area (Å²) in [7, 11) is 1.57. The van der Waals surface area contributed by atoms with E-state index in [1.165, 1.54) is 20.8 Å². The van der Waals surface area contributed by atoms with Gasteiger partial charge in [0.2, 0.25) is 0 Å². The van der Waals surface area contributed by atoms with E-state index in [1.807, 2.05) is 6.92 Å². The molecule has 2 aliphatic rings. The molecule has 1 aliphatic carbocycles. The molecule has 4 rings (SSSR count). The van der Waals surface area contributed by atoms with Crippen molar-refractivity contribution in [1.82, 2.24) is 19.4 Å². The van der Waals surface area contributed by atoms with Crippen LogP contribution in [0.2, 0.25) is 0 Å². The molecule has 2 amide bonds. The van der Waals surface area contributed by atoms with Crippen molar-refractivity contribution in [2.75, 3.05) is 26.8 Å². The van der Waals surface area contributed by atoms with Crippen molar-refractivity contribution in [2.45, 2.75) is 52.7 Å². The van der Waals surface area contributed by atoms with Crippen LogP contribution in [-0.4, -0.2) is 52.7 Å². The van der Waals surface area contributed by atoms with Crippen molar-refractivity contribution in [1.29, 1.82) is 0 Å². The fourth-order valence-corrected chi connectivity index (χ4v) is 5.94. The lowest BCUT2D eigenvalue weighted by molar-refractivity contribution is -0.148. The number of thiophene rings is 1. The molecule has 0 bridgehead atoms. The van der Waals surface area contributed by atoms with Crippen molar-refractivity contribution in [3.63, 3.8) is 0 Å². The number of fused-ring (bicyclic) bond motifs is 1. The maximum atomic E-state index is 13.4. The lowest BCUT2D eigenvalue weighted by Gasteiger charge is -2.43. The third-order valence-electron chi connectivity index (χ3n) is 6.29. The molecule has 2 fully saturated rings. The normalized spacial score (nSPS) is 19.0. The third kappa shape index (κ3) is 3.71. The van der Waals surface area contributed by atoms with Gasteiger partial charge in [0, 0.05) is 31.1 Å². The zero-order valence-electron chi connectivity index (χ0n) is 18.3. The number of aromatic nitrogens is 2. The first-order valence-corrected chi connectivity index (χ1v) is 11.3. The van der Waals surface area contributed by atoms with Crippen LogP contribution in [0.4, 0.5) is 0 Å². The Morgan fingerprint density at radius 1 is 1.19 bits per heavy atom. The van der Waals surface area contributed by atoms with E-state index in [1.54, 1.807) is 11.7 Å². The highest BCUT2D eigenvalue weighted by Gasteiger charge is 2.39. The zero-order valence-corrected chi connectivity index (χ0v) is 19.1. The molecule has 168 valence electrons. The zero-order chi connectivity index (χ0) is 22.5. The van der Waals surface area contributed by atoms with E-state index >= 15 is 0 Å². The molecule has 2 aromatic rings. The third-order valence-corrected chi connectivity index (χ3v) is 7.59. The minimum atomic E-state index is -0.614. The van der Waals surface area contributed by atoms with Crippen molar-refractivity contribution in [3.05, 3.63) is 31.3 Å². The van der Waals surface area contributed by atoms with Crippen LogP contribution in [-0.2, 0) is 27.4 Å². The highest BCUT2D eigenvalue weighted by atomic mass is 32.1. The van der Waals surface area contributed by atoms with E-state index in [4.69, 9.17) is 4.74 Å². The molecule has 9 nitrogen and oxygen atoms in total. The number of amides is 2. The van der Waals surface area contributed by atoms with Gasteiger partial charge in [-0.05, 0) is 30.7 Å². The maximum absolute atomic E-state index is 13.4. The first-order valence-electron chi connectivity index (χ1n) is 10.5. The highest BCUT2D eigenvalue weighted by molar-refractivity contribution is 7.18. The highest BCUT2D eigenvalue weighted by Crippen LogP contribution is 2.46. The van der Waals surface area contributed by atoms with Gasteiger partial charge < -0.3 is 15.0 Å². The van der Waals surface area contributed by atoms with Gasteiger partial charge in [0.1, 0.15) is 4.83 Å². The van der Waals surface area contributed by atoms with E-state index < -0.39 is 11.8 Å². The number of hydrogen-bond acceptors (Lipinski definition) is 6. The smallest absolute Gasteiger partial charge is 0.332 e. The summed E-state index contributed by atoms with van der Waals surface area (Å²) < 4.78 is 8.23. The van der Waals surface area contributed by atoms with Crippen LogP contribution < -0.4 is 16.6 Å². The SMILES string of the molecule is COCCn1c(=O)n(C2CC(C)(C)C2)c(=O)c2c(C)c(CN3CCNC(=O)C3=O)sc21. The lowest BCUT2D eigenvalue weighted by atomic mass is 9.68. The van der Waals surface area contributed by atoms with Crippen molar-refractivity contribution in [2.24, 2.45) is 5.41 Å². The average Bonchev–Trinajstić information content (AvgIpc) is 3.00. The van der Waals surface area contributed by atoms with E-state index in [0.29, 0.717) is 36.5 Å². The van der Waals surface area contributed by atoms with Crippen LogP contribution in [0.15, 0.2) is 9.59 Å². The second-order valence-corrected chi connectivity index (χ2v) is 10.2. The predicted octanol–water partition coefficient (Wildman–Crippen LogP) is 0.999. The Bertz CT molecular complexity index is 1170. The minimum absolute atomic E-state index is 0.108. The summed E-state index contributed by atoms with van der Waals surface area (Å²) in [6, 6.07) is -0.108. The van der Waals surface area contributed by atoms with Gasteiger partial charge in [0.05, 0.1) is 25.1 Å². The Labute approximate surface area is 183 Å². The number of carbonyl (C=O) groups is 2. The molecular formula is C21H28N4O5S. The first-order chi connectivity index (χ1) is 14.6. The van der Waals surface area contributed by atoms with Crippen LogP contribution in [0.5, 0.6) is 0 Å². The molecule has 0 atom stereocenters. The van der Waals surface area contributed by atoms with Gasteiger partial charge in [0.25, 0.3) is 5.56 Å². The summed E-state index contributed by atoms with van der Waals surface area (Å²) in [6.07, 6.45) is 1.57. The largest absolute Gasteiger partial charge is 0.383 e. The van der Waals surface area contributed by atoms with Crippen LogP contribution >= 0.6 is 11.3 Å². The molecule has 1 aliphatic heterocycles. The number of rotatable bonds is 6. The van der Waals surface area contributed by atoms with Gasteiger partial charge >= 0.3 is 17.5 Å². The Morgan fingerprint density at radius 2 is 1.90 bits per heavy atom. The Kier molecular flexibility index (Phi) is 5.55. The minimum Gasteiger partial charge on any atom is -0.383 e. The standard InChI is InChI=1S/C21H28N4O5S/c1-12-14(11-23-6-5-22-16(26)18(23)28)31-19-15(12)17(27)25(13-9-21(2,3)10-13)20(29)24(19)7-8-30-4/h13H,5-11H2,1-4H3,(H,22,26). The van der Waals surface area contributed by atoms with E-state index in [-0.39, 0.29) is 29.3 Å². The Hall–Kier alpha value is -2.46. The summed E-state index contributed by atoms with van der Waals surface area (Å²) >= 11 is 1.34. The van der Waals surface area contributed by atoms with Crippen molar-refractivity contribution >= 4 is 33.4 Å². The molecule has 31 heavy (non-hydrogen) atoms. The molecule has 0 radical (unpaired) electrons. The molecule has 1 saturated carbocycles. The van der Waals surface area contributed by atoms with Gasteiger partial charge in [-0.15, -0.1) is 11.3 Å². The lowest BCUT2D eigenvalue weighted by Crippen LogP contribution is -2.51. The van der Waals surface area contributed by atoms with Crippen molar-refractivity contribution < 1.29 is 14.3 Å². The van der Waals surface area contributed by atoms with Gasteiger partial charge in [0.15, 0.2) is 0 Å². The molecule has 2 aromatic heterocycles. The number of hydrogen-bond donors (Lipinski definition) is 1. The van der Waals surface area contributed by atoms with E-state index in [2.05, 4.69) is 19.2 Å². The monoisotopic (exact) mass is 448 g/mol. The van der Waals surface area contributed by atoms with Crippen LogP contribution in [0.3, 0.4) is 0 Å². The maximum Gasteiger partial charge on any atom is 0.332 e. The average molecular weight is 449 g/mol. The van der Waals surface area contributed by atoms with Gasteiger partial charge in [-0.1, -0.05) is 13.8 Å². The number of methoxy groups -OCH3 is 1. The molecule has 1 saturated heterocycles. The van der Waals surface area contributed by atoms with E-state index in [0.717, 1.165) is 23.3 Å². The number of aryl methyl sites for hydroxylation is 1. The molecule has 0 aromatic carbocycles. The van der Waals surface area contributed by atoms with Crippen molar-refractivity contribution in [3.8, 4) is 0 Å². The Morgan fingerprint density at radius 3 is 2.55 bits per heavy atom. The molecule has 3 heterocycles. The molecule has 0 unspecified atom stereocenters. The fourth-order valence-electron chi connectivity index (χ4n) is 4.61. The second kappa shape index (κ2) is 7.90. The molecule has 10 heteroatoms. The van der Waals surface area contributed by atoms with Gasteiger partial charge in [-0.3, -0.25) is 23.5 Å². The predicted molar refractivity (Wildman–Crippen MR) is 117 cm³/mol. The van der Waals surface area contributed by atoms with Crippen LogP contribution in [0.25, 0.3) is 10.2 Å². The van der Waals surface area contributed by atoms with Crippen LogP contribution in [0.1, 0.15) is 43.2 Å². The molecule has 0 spiro atoms. The molecule has 1 N–H and O–H groups in total. The Balaban J connectivity index is 1.83. The first kappa shape index (κ1) is 21.8. The topological polar surface area (TPSA) is 103 Å². The summed E-state index contributed by atoms with van der Waals surface area (Å²) in [6.45, 7) is 7.86. The van der Waals surface area contributed by atoms with Crippen LogP contribution in [0, 0.1) is 12.3 Å². The van der Waals surface area contributed by atoms with E-state index in [9.17, 15) is 19.2 Å². The molecular weight excluding hydrogens is 420 g/mol. The number of nitrogens with one attached hydrogen (secondary N) is 1. The summed E-state index contributed by atoms with van der Waals surface area (Å²) in [5.74, 6) is -1.19. The number of piperazine rings is 1. The summed E-state index contributed by atoms with van der Waals surface area (Å²) in [5.41, 5.74) is 0.308. The van der Waals surface area contributed by atoms with Gasteiger partial charge in [-0.25, -0.2) is 4.79 Å². The number of ether oxygens (including phenoxy) is 1. The second-order valence-electron chi connectivity index (χ2n) is 9.14. The number of carbonyl (C=O) groups excluding carboxylic acids is 2. The summed E-state index contributed by atoms with van der Waals surface area (Å²) in [4.78, 5) is 53.6. The summed E-state index contributed by atoms with van der Waals surface area (Å²) in [5, 5.41) is 3.06. The number of nitrogens with zero attached hydrogens (tertiary/aromatic N) is 3. The quantitative estimate of drug-likeness (QED) is 0.664. The van der Waals surface area contributed by atoms with Gasteiger partial charge in [-0.2, -0.15) is 0 Å². The fraction of sp³-hybridized carbons (Fsp3) is 0.619.